The number of rotatable bonds is 6. The fourth-order valence-corrected chi connectivity index (χ4v) is 3.35. The SMILES string of the molecule is Cc1nc(N(C)Cc2csc(Br)c2)ncc1CNC1CC1. The van der Waals surface area contributed by atoms with Gasteiger partial charge >= 0.3 is 0 Å². The van der Waals surface area contributed by atoms with Crippen LogP contribution >= 0.6 is 27.3 Å². The highest BCUT2D eigenvalue weighted by atomic mass is 79.9. The quantitative estimate of drug-likeness (QED) is 0.849. The Hall–Kier alpha value is -0.980. The van der Waals surface area contributed by atoms with E-state index in [9.17, 15) is 0 Å². The van der Waals surface area contributed by atoms with Crippen molar-refractivity contribution in [2.75, 3.05) is 11.9 Å². The van der Waals surface area contributed by atoms with E-state index in [4.69, 9.17) is 0 Å². The van der Waals surface area contributed by atoms with E-state index in [2.05, 4.69) is 54.5 Å². The number of thiophene rings is 1. The maximum absolute atomic E-state index is 4.64. The van der Waals surface area contributed by atoms with Gasteiger partial charge in [-0.15, -0.1) is 11.3 Å². The normalized spacial score (nSPS) is 14.4. The van der Waals surface area contributed by atoms with Crippen molar-refractivity contribution in [1.82, 2.24) is 15.3 Å². The molecule has 3 rings (SSSR count). The smallest absolute Gasteiger partial charge is 0.225 e. The molecule has 0 amide bonds. The predicted molar refractivity (Wildman–Crippen MR) is 90.8 cm³/mol. The maximum Gasteiger partial charge on any atom is 0.225 e. The standard InChI is InChI=1S/C15H19BrN4S/c1-10-12(6-17-13-3-4-13)7-18-15(19-10)20(2)8-11-5-14(16)21-9-11/h5,7,9,13,17H,3-4,6,8H2,1-2H3. The Bertz CT molecular complexity index is 624. The van der Waals surface area contributed by atoms with Crippen LogP contribution in [0.2, 0.25) is 0 Å². The van der Waals surface area contributed by atoms with E-state index < -0.39 is 0 Å². The van der Waals surface area contributed by atoms with Gasteiger partial charge in [0, 0.05) is 43.6 Å². The summed E-state index contributed by atoms with van der Waals surface area (Å²) in [5.41, 5.74) is 3.53. The summed E-state index contributed by atoms with van der Waals surface area (Å²) < 4.78 is 1.16. The van der Waals surface area contributed by atoms with E-state index in [-0.39, 0.29) is 0 Å². The number of nitrogens with one attached hydrogen (secondary N) is 1. The zero-order valence-electron chi connectivity index (χ0n) is 12.3. The highest BCUT2D eigenvalue weighted by molar-refractivity contribution is 9.11. The van der Waals surface area contributed by atoms with Gasteiger partial charge < -0.3 is 10.2 Å². The molecule has 1 saturated carbocycles. The third-order valence-electron chi connectivity index (χ3n) is 3.61. The topological polar surface area (TPSA) is 41.1 Å². The van der Waals surface area contributed by atoms with E-state index >= 15 is 0 Å². The first-order valence-electron chi connectivity index (χ1n) is 7.12. The Morgan fingerprint density at radius 1 is 1.48 bits per heavy atom. The number of hydrogen-bond acceptors (Lipinski definition) is 5. The van der Waals surface area contributed by atoms with Gasteiger partial charge in [-0.3, -0.25) is 0 Å². The van der Waals surface area contributed by atoms with Crippen molar-refractivity contribution in [2.45, 2.75) is 38.9 Å². The number of nitrogens with zero attached hydrogens (tertiary/aromatic N) is 3. The van der Waals surface area contributed by atoms with Crippen LogP contribution in [0.5, 0.6) is 0 Å². The Labute approximate surface area is 137 Å². The summed E-state index contributed by atoms with van der Waals surface area (Å²) in [5, 5.41) is 5.66. The molecule has 0 spiro atoms. The number of hydrogen-bond donors (Lipinski definition) is 1. The first-order valence-corrected chi connectivity index (χ1v) is 8.79. The third-order valence-corrected chi connectivity index (χ3v) is 5.16. The van der Waals surface area contributed by atoms with Crippen molar-refractivity contribution in [3.05, 3.63) is 38.3 Å². The molecule has 6 heteroatoms. The molecule has 4 nitrogen and oxygen atoms in total. The molecular weight excluding hydrogens is 348 g/mol. The molecule has 0 bridgehead atoms. The second-order valence-corrected chi connectivity index (χ2v) is 7.84. The van der Waals surface area contributed by atoms with Gasteiger partial charge in [-0.05, 0) is 52.7 Å². The highest BCUT2D eigenvalue weighted by Gasteiger charge is 2.20. The van der Waals surface area contributed by atoms with Gasteiger partial charge in [0.15, 0.2) is 0 Å². The maximum atomic E-state index is 4.64. The monoisotopic (exact) mass is 366 g/mol. The fraction of sp³-hybridized carbons (Fsp3) is 0.467. The van der Waals surface area contributed by atoms with Crippen LogP contribution in [0.1, 0.15) is 29.7 Å². The molecular formula is C15H19BrN4S. The molecule has 0 aromatic carbocycles. The lowest BCUT2D eigenvalue weighted by molar-refractivity contribution is 0.678. The molecule has 21 heavy (non-hydrogen) atoms. The number of anilines is 1. The van der Waals surface area contributed by atoms with Crippen molar-refractivity contribution in [1.29, 1.82) is 0 Å². The van der Waals surface area contributed by atoms with Crippen molar-refractivity contribution in [3.63, 3.8) is 0 Å². The summed E-state index contributed by atoms with van der Waals surface area (Å²) in [5.74, 6) is 0.782. The van der Waals surface area contributed by atoms with E-state index in [1.165, 1.54) is 24.0 Å². The van der Waals surface area contributed by atoms with Crippen LogP contribution in [-0.2, 0) is 13.1 Å². The lowest BCUT2D eigenvalue weighted by Gasteiger charge is -2.17. The summed E-state index contributed by atoms with van der Waals surface area (Å²) in [6.45, 7) is 3.75. The average Bonchev–Trinajstić information content (AvgIpc) is 3.20. The zero-order valence-corrected chi connectivity index (χ0v) is 14.7. The average molecular weight is 367 g/mol. The van der Waals surface area contributed by atoms with Gasteiger partial charge in [-0.2, -0.15) is 0 Å². The molecule has 2 aromatic heterocycles. The first kappa shape index (κ1) is 14.9. The molecule has 1 aliphatic carbocycles. The van der Waals surface area contributed by atoms with E-state index in [0.717, 1.165) is 28.5 Å². The van der Waals surface area contributed by atoms with E-state index in [1.54, 1.807) is 11.3 Å². The molecule has 1 fully saturated rings. The van der Waals surface area contributed by atoms with Crippen LogP contribution in [0, 0.1) is 6.92 Å². The van der Waals surface area contributed by atoms with Crippen molar-refractivity contribution in [3.8, 4) is 0 Å². The van der Waals surface area contributed by atoms with Crippen LogP contribution in [0.25, 0.3) is 0 Å². The Morgan fingerprint density at radius 3 is 2.90 bits per heavy atom. The largest absolute Gasteiger partial charge is 0.340 e. The highest BCUT2D eigenvalue weighted by Crippen LogP contribution is 2.23. The summed E-state index contributed by atoms with van der Waals surface area (Å²) in [7, 11) is 2.03. The van der Waals surface area contributed by atoms with Crippen molar-refractivity contribution < 1.29 is 0 Å². The lowest BCUT2D eigenvalue weighted by Crippen LogP contribution is -2.21. The fourth-order valence-electron chi connectivity index (χ4n) is 2.15. The van der Waals surface area contributed by atoms with E-state index in [0.29, 0.717) is 6.04 Å². The van der Waals surface area contributed by atoms with Crippen molar-refractivity contribution >= 4 is 33.2 Å². The third kappa shape index (κ3) is 4.02. The number of aryl methyl sites for hydroxylation is 1. The molecule has 0 radical (unpaired) electrons. The number of halogens is 1. The molecule has 2 aromatic rings. The molecule has 2 heterocycles. The molecule has 0 atom stereocenters. The molecule has 0 unspecified atom stereocenters. The van der Waals surface area contributed by atoms with Gasteiger partial charge in [0.05, 0.1) is 3.79 Å². The molecule has 1 aliphatic rings. The summed E-state index contributed by atoms with van der Waals surface area (Å²) in [6, 6.07) is 2.85. The minimum atomic E-state index is 0.712. The van der Waals surface area contributed by atoms with Crippen LogP contribution in [0.4, 0.5) is 5.95 Å². The Morgan fingerprint density at radius 2 is 2.29 bits per heavy atom. The summed E-state index contributed by atoms with van der Waals surface area (Å²) >= 11 is 5.20. The first-order chi connectivity index (χ1) is 10.1. The Kier molecular flexibility index (Phi) is 4.57. The van der Waals surface area contributed by atoms with Crippen LogP contribution < -0.4 is 10.2 Å². The van der Waals surface area contributed by atoms with Crippen molar-refractivity contribution in [2.24, 2.45) is 0 Å². The van der Waals surface area contributed by atoms with Gasteiger partial charge in [0.25, 0.3) is 0 Å². The molecule has 1 N–H and O–H groups in total. The van der Waals surface area contributed by atoms with Gasteiger partial charge in [-0.25, -0.2) is 9.97 Å². The second kappa shape index (κ2) is 6.42. The second-order valence-electron chi connectivity index (χ2n) is 5.55. The zero-order chi connectivity index (χ0) is 14.8. The Balaban J connectivity index is 1.65. The van der Waals surface area contributed by atoms with Gasteiger partial charge in [-0.1, -0.05) is 0 Å². The van der Waals surface area contributed by atoms with Crippen LogP contribution in [0.3, 0.4) is 0 Å². The lowest BCUT2D eigenvalue weighted by atomic mass is 10.2. The van der Waals surface area contributed by atoms with Gasteiger partial charge in [0.2, 0.25) is 5.95 Å². The minimum absolute atomic E-state index is 0.712. The summed E-state index contributed by atoms with van der Waals surface area (Å²) in [4.78, 5) is 11.2. The summed E-state index contributed by atoms with van der Waals surface area (Å²) in [6.07, 6.45) is 4.56. The molecule has 0 saturated heterocycles. The van der Waals surface area contributed by atoms with Crippen LogP contribution in [0.15, 0.2) is 21.4 Å². The van der Waals surface area contributed by atoms with Crippen LogP contribution in [-0.4, -0.2) is 23.1 Å². The van der Waals surface area contributed by atoms with Gasteiger partial charge in [0.1, 0.15) is 0 Å². The number of aromatic nitrogens is 2. The van der Waals surface area contributed by atoms with E-state index in [1.807, 2.05) is 13.2 Å². The molecule has 112 valence electrons. The minimum Gasteiger partial charge on any atom is -0.340 e. The predicted octanol–water partition coefficient (Wildman–Crippen LogP) is 3.50. The molecule has 0 aliphatic heterocycles.